The summed E-state index contributed by atoms with van der Waals surface area (Å²) in [5.74, 6) is -0.801. The molecule has 18 heavy (non-hydrogen) atoms. The number of carbonyl (C=O) groups is 1. The van der Waals surface area contributed by atoms with Crippen molar-refractivity contribution in [2.45, 2.75) is 32.4 Å². The third-order valence-corrected chi connectivity index (χ3v) is 2.70. The highest BCUT2D eigenvalue weighted by atomic mass is 35.5. The molecule has 1 atom stereocenters. The summed E-state index contributed by atoms with van der Waals surface area (Å²) < 4.78 is 13.6. The molecule has 0 saturated carbocycles. The SMILES string of the molecule is CC(NC(=O)C(C)(C)N)c1c(F)cccc1Cl.Cl. The Labute approximate surface area is 117 Å². The number of amides is 1. The van der Waals surface area contributed by atoms with Crippen LogP contribution in [-0.4, -0.2) is 11.4 Å². The Morgan fingerprint density at radius 1 is 1.50 bits per heavy atom. The Hall–Kier alpha value is -0.840. The second kappa shape index (κ2) is 6.36. The van der Waals surface area contributed by atoms with E-state index < -0.39 is 17.4 Å². The van der Waals surface area contributed by atoms with E-state index in [9.17, 15) is 9.18 Å². The summed E-state index contributed by atoms with van der Waals surface area (Å²) in [6.07, 6.45) is 0. The Kier molecular flexibility index (Phi) is 6.07. The summed E-state index contributed by atoms with van der Waals surface area (Å²) in [4.78, 5) is 11.7. The lowest BCUT2D eigenvalue weighted by atomic mass is 10.0. The fraction of sp³-hybridized carbons (Fsp3) is 0.417. The maximum Gasteiger partial charge on any atom is 0.239 e. The predicted octanol–water partition coefficient (Wildman–Crippen LogP) is 2.82. The van der Waals surface area contributed by atoms with Crippen molar-refractivity contribution >= 4 is 29.9 Å². The number of halogens is 3. The van der Waals surface area contributed by atoms with Crippen molar-refractivity contribution in [2.75, 3.05) is 0 Å². The highest BCUT2D eigenvalue weighted by Crippen LogP contribution is 2.25. The molecule has 1 aromatic carbocycles. The first-order valence-corrected chi connectivity index (χ1v) is 5.65. The molecule has 0 fully saturated rings. The van der Waals surface area contributed by atoms with E-state index in [2.05, 4.69) is 5.32 Å². The molecule has 0 bridgehead atoms. The second-order valence-corrected chi connectivity index (χ2v) is 4.96. The van der Waals surface area contributed by atoms with Crippen LogP contribution in [0.2, 0.25) is 5.02 Å². The lowest BCUT2D eigenvalue weighted by Crippen LogP contribution is -2.49. The molecular weight excluding hydrogens is 278 g/mol. The zero-order valence-electron chi connectivity index (χ0n) is 10.5. The van der Waals surface area contributed by atoms with Crippen molar-refractivity contribution in [2.24, 2.45) is 5.73 Å². The van der Waals surface area contributed by atoms with E-state index in [1.165, 1.54) is 12.1 Å². The molecule has 0 heterocycles. The van der Waals surface area contributed by atoms with Crippen molar-refractivity contribution < 1.29 is 9.18 Å². The van der Waals surface area contributed by atoms with Crippen LogP contribution in [0.4, 0.5) is 4.39 Å². The number of hydrogen-bond donors (Lipinski definition) is 2. The van der Waals surface area contributed by atoms with Crippen LogP contribution in [-0.2, 0) is 4.79 Å². The summed E-state index contributed by atoms with van der Waals surface area (Å²) in [5, 5.41) is 2.91. The topological polar surface area (TPSA) is 55.1 Å². The van der Waals surface area contributed by atoms with Gasteiger partial charge >= 0.3 is 0 Å². The summed E-state index contributed by atoms with van der Waals surface area (Å²) in [5.41, 5.74) is 4.90. The van der Waals surface area contributed by atoms with E-state index in [4.69, 9.17) is 17.3 Å². The molecule has 1 aromatic rings. The van der Waals surface area contributed by atoms with Gasteiger partial charge in [-0.1, -0.05) is 17.7 Å². The second-order valence-electron chi connectivity index (χ2n) is 4.55. The number of nitrogens with one attached hydrogen (secondary N) is 1. The van der Waals surface area contributed by atoms with Crippen LogP contribution in [0, 0.1) is 5.82 Å². The molecule has 102 valence electrons. The minimum atomic E-state index is -1.01. The van der Waals surface area contributed by atoms with Crippen LogP contribution in [0.15, 0.2) is 18.2 Å². The van der Waals surface area contributed by atoms with Gasteiger partial charge in [-0.25, -0.2) is 4.39 Å². The van der Waals surface area contributed by atoms with Crippen LogP contribution >= 0.6 is 24.0 Å². The standard InChI is InChI=1S/C12H16ClFN2O.ClH/c1-7(16-11(17)12(2,3)15)10-8(13)5-4-6-9(10)14;/h4-7H,15H2,1-3H3,(H,16,17);1H. The molecule has 1 amide bonds. The molecule has 6 heteroatoms. The summed E-state index contributed by atoms with van der Waals surface area (Å²) in [6.45, 7) is 4.82. The molecule has 0 radical (unpaired) electrons. The predicted molar refractivity (Wildman–Crippen MR) is 73.5 cm³/mol. The first-order valence-electron chi connectivity index (χ1n) is 5.27. The average molecular weight is 295 g/mol. The van der Waals surface area contributed by atoms with Gasteiger partial charge in [-0.05, 0) is 32.9 Å². The molecular formula is C12H17Cl2FN2O. The lowest BCUT2D eigenvalue weighted by Gasteiger charge is -2.22. The van der Waals surface area contributed by atoms with Crippen molar-refractivity contribution in [3.05, 3.63) is 34.6 Å². The molecule has 3 nitrogen and oxygen atoms in total. The van der Waals surface area contributed by atoms with Crippen molar-refractivity contribution in [1.29, 1.82) is 0 Å². The van der Waals surface area contributed by atoms with E-state index in [0.29, 0.717) is 0 Å². The van der Waals surface area contributed by atoms with Crippen LogP contribution in [0.3, 0.4) is 0 Å². The van der Waals surface area contributed by atoms with Gasteiger partial charge in [-0.3, -0.25) is 4.79 Å². The highest BCUT2D eigenvalue weighted by Gasteiger charge is 2.25. The van der Waals surface area contributed by atoms with Crippen molar-refractivity contribution in [1.82, 2.24) is 5.32 Å². The van der Waals surface area contributed by atoms with Gasteiger partial charge in [0.25, 0.3) is 0 Å². The maximum atomic E-state index is 13.6. The molecule has 0 aliphatic carbocycles. The minimum Gasteiger partial charge on any atom is -0.348 e. The van der Waals surface area contributed by atoms with Gasteiger partial charge in [-0.2, -0.15) is 0 Å². The Bertz CT molecular complexity index is 412. The highest BCUT2D eigenvalue weighted by molar-refractivity contribution is 6.31. The van der Waals surface area contributed by atoms with Crippen LogP contribution in [0.5, 0.6) is 0 Å². The molecule has 1 rings (SSSR count). The normalized spacial score (nSPS) is 12.6. The van der Waals surface area contributed by atoms with E-state index in [1.807, 2.05) is 0 Å². The van der Waals surface area contributed by atoms with Gasteiger partial charge in [0.05, 0.1) is 11.6 Å². The number of carbonyl (C=O) groups excluding carboxylic acids is 1. The number of nitrogens with two attached hydrogens (primary N) is 1. The van der Waals surface area contributed by atoms with Gasteiger partial charge in [-0.15, -0.1) is 12.4 Å². The summed E-state index contributed by atoms with van der Waals surface area (Å²) in [7, 11) is 0. The molecule has 0 saturated heterocycles. The zero-order chi connectivity index (χ0) is 13.2. The van der Waals surface area contributed by atoms with Gasteiger partial charge in [0, 0.05) is 10.6 Å². The summed E-state index contributed by atoms with van der Waals surface area (Å²) in [6, 6.07) is 3.87. The number of rotatable bonds is 3. The molecule has 3 N–H and O–H groups in total. The molecule has 0 spiro atoms. The largest absolute Gasteiger partial charge is 0.348 e. The van der Waals surface area contributed by atoms with Crippen LogP contribution in [0.25, 0.3) is 0 Å². The molecule has 0 aliphatic heterocycles. The van der Waals surface area contributed by atoms with E-state index in [-0.39, 0.29) is 28.9 Å². The monoisotopic (exact) mass is 294 g/mol. The number of hydrogen-bond acceptors (Lipinski definition) is 2. The van der Waals surface area contributed by atoms with Crippen molar-refractivity contribution in [3.63, 3.8) is 0 Å². The Balaban J connectivity index is 0.00000289. The Morgan fingerprint density at radius 3 is 2.50 bits per heavy atom. The summed E-state index contributed by atoms with van der Waals surface area (Å²) >= 11 is 5.90. The van der Waals surface area contributed by atoms with Gasteiger partial charge in [0.1, 0.15) is 5.82 Å². The van der Waals surface area contributed by atoms with E-state index >= 15 is 0 Å². The van der Waals surface area contributed by atoms with E-state index in [1.54, 1.807) is 26.8 Å². The Morgan fingerprint density at radius 2 is 2.06 bits per heavy atom. The van der Waals surface area contributed by atoms with Gasteiger partial charge < -0.3 is 11.1 Å². The molecule has 0 aromatic heterocycles. The first kappa shape index (κ1) is 17.2. The third-order valence-electron chi connectivity index (χ3n) is 2.37. The number of benzene rings is 1. The average Bonchev–Trinajstić information content (AvgIpc) is 2.15. The lowest BCUT2D eigenvalue weighted by molar-refractivity contribution is -0.125. The van der Waals surface area contributed by atoms with E-state index in [0.717, 1.165) is 0 Å². The van der Waals surface area contributed by atoms with Crippen LogP contribution in [0.1, 0.15) is 32.4 Å². The third kappa shape index (κ3) is 4.12. The maximum absolute atomic E-state index is 13.6. The zero-order valence-corrected chi connectivity index (χ0v) is 12.0. The quantitative estimate of drug-likeness (QED) is 0.901. The fourth-order valence-electron chi connectivity index (χ4n) is 1.38. The van der Waals surface area contributed by atoms with Gasteiger partial charge in [0.2, 0.25) is 5.91 Å². The minimum absolute atomic E-state index is 0. The molecule has 1 unspecified atom stereocenters. The van der Waals surface area contributed by atoms with Crippen LogP contribution < -0.4 is 11.1 Å². The fourth-order valence-corrected chi connectivity index (χ4v) is 1.71. The van der Waals surface area contributed by atoms with Crippen molar-refractivity contribution in [3.8, 4) is 0 Å². The smallest absolute Gasteiger partial charge is 0.239 e. The van der Waals surface area contributed by atoms with Gasteiger partial charge in [0.15, 0.2) is 0 Å². The molecule has 0 aliphatic rings. The first-order chi connectivity index (χ1) is 7.73.